The lowest BCUT2D eigenvalue weighted by molar-refractivity contribution is 0.316. The smallest absolute Gasteiger partial charge is 0.0535 e. The minimum atomic E-state index is -0.333. The van der Waals surface area contributed by atoms with Crippen LogP contribution in [-0.4, -0.2) is 11.4 Å². The second-order valence-electron chi connectivity index (χ2n) is 4.24. The predicted octanol–water partition coefficient (Wildman–Crippen LogP) is 3.74. The third kappa shape index (κ3) is 3.39. The van der Waals surface area contributed by atoms with E-state index in [1.54, 1.807) is 0 Å². The lowest BCUT2D eigenvalue weighted by atomic mass is 9.86. The summed E-state index contributed by atoms with van der Waals surface area (Å²) in [6, 6.07) is 10.0. The van der Waals surface area contributed by atoms with Gasteiger partial charge >= 0.3 is 0 Å². The van der Waals surface area contributed by atoms with Crippen LogP contribution in [-0.2, 0) is 0 Å². The zero-order valence-electron chi connectivity index (χ0n) is 9.72. The monoisotopic (exact) mass is 215 g/mol. The Kier molecular flexibility index (Phi) is 4.06. The van der Waals surface area contributed by atoms with Gasteiger partial charge in [-0.2, -0.15) is 0 Å². The van der Waals surface area contributed by atoms with E-state index >= 15 is 0 Å². The van der Waals surface area contributed by atoms with E-state index in [1.165, 1.54) is 6.21 Å². The summed E-state index contributed by atoms with van der Waals surface area (Å²) in [7, 11) is 0. The molecule has 16 heavy (non-hydrogen) atoms. The molecule has 0 saturated carbocycles. The zero-order valence-corrected chi connectivity index (χ0v) is 9.72. The van der Waals surface area contributed by atoms with Crippen LogP contribution in [0.3, 0.4) is 0 Å². The number of rotatable bonds is 4. The van der Waals surface area contributed by atoms with Crippen LogP contribution in [0.1, 0.15) is 19.4 Å². The standard InChI is InChI=1S/C14H17NO/c1-12(14(2,3)11-15-16)9-10-13-7-5-4-6-8-13/h4-11,16H,1H2,2-3H3/b10-9+,15-11+. The van der Waals surface area contributed by atoms with E-state index in [4.69, 9.17) is 5.21 Å². The lowest BCUT2D eigenvalue weighted by Crippen LogP contribution is -2.14. The highest BCUT2D eigenvalue weighted by Crippen LogP contribution is 2.24. The fourth-order valence-corrected chi connectivity index (χ4v) is 1.20. The van der Waals surface area contributed by atoms with Crippen LogP contribution in [0.2, 0.25) is 0 Å². The number of benzene rings is 1. The molecule has 0 heterocycles. The highest BCUT2D eigenvalue weighted by Gasteiger charge is 2.17. The van der Waals surface area contributed by atoms with Crippen LogP contribution in [0, 0.1) is 5.41 Å². The van der Waals surface area contributed by atoms with Crippen molar-refractivity contribution in [2.75, 3.05) is 0 Å². The molecule has 84 valence electrons. The second kappa shape index (κ2) is 5.31. The van der Waals surface area contributed by atoms with E-state index in [2.05, 4.69) is 11.7 Å². The first-order valence-corrected chi connectivity index (χ1v) is 5.17. The molecule has 0 atom stereocenters. The van der Waals surface area contributed by atoms with Gasteiger partial charge < -0.3 is 5.21 Å². The van der Waals surface area contributed by atoms with Crippen LogP contribution in [0.5, 0.6) is 0 Å². The van der Waals surface area contributed by atoms with Crippen molar-refractivity contribution >= 4 is 12.3 Å². The molecule has 0 aliphatic heterocycles. The number of oxime groups is 1. The van der Waals surface area contributed by atoms with Crippen LogP contribution < -0.4 is 0 Å². The van der Waals surface area contributed by atoms with Crippen LogP contribution >= 0.6 is 0 Å². The Balaban J connectivity index is 2.75. The predicted molar refractivity (Wildman–Crippen MR) is 68.7 cm³/mol. The topological polar surface area (TPSA) is 32.6 Å². The molecule has 0 amide bonds. The molecule has 1 aromatic carbocycles. The van der Waals surface area contributed by atoms with Gasteiger partial charge in [0.05, 0.1) is 6.21 Å². The van der Waals surface area contributed by atoms with Crippen LogP contribution in [0.25, 0.3) is 6.08 Å². The Morgan fingerprint density at radius 3 is 2.50 bits per heavy atom. The van der Waals surface area contributed by atoms with Gasteiger partial charge in [-0.1, -0.05) is 62.9 Å². The Hall–Kier alpha value is -1.83. The molecular weight excluding hydrogens is 198 g/mol. The van der Waals surface area contributed by atoms with E-state index in [1.807, 2.05) is 56.3 Å². The van der Waals surface area contributed by atoms with Gasteiger partial charge in [0, 0.05) is 5.41 Å². The highest BCUT2D eigenvalue weighted by atomic mass is 16.4. The van der Waals surface area contributed by atoms with Gasteiger partial charge in [-0.15, -0.1) is 5.16 Å². The van der Waals surface area contributed by atoms with Crippen molar-refractivity contribution in [1.29, 1.82) is 0 Å². The van der Waals surface area contributed by atoms with Gasteiger partial charge in [-0.3, -0.25) is 0 Å². The van der Waals surface area contributed by atoms with E-state index in [0.717, 1.165) is 11.1 Å². The second-order valence-corrected chi connectivity index (χ2v) is 4.24. The maximum absolute atomic E-state index is 8.54. The van der Waals surface area contributed by atoms with Gasteiger partial charge in [-0.25, -0.2) is 0 Å². The first-order valence-electron chi connectivity index (χ1n) is 5.17. The molecule has 0 unspecified atom stereocenters. The normalized spacial score (nSPS) is 12.4. The zero-order chi connectivity index (χ0) is 12.0. The molecule has 0 fully saturated rings. The number of nitrogens with zero attached hydrogens (tertiary/aromatic N) is 1. The van der Waals surface area contributed by atoms with E-state index < -0.39 is 0 Å². The number of allylic oxidation sites excluding steroid dienone is 2. The maximum atomic E-state index is 8.54. The minimum Gasteiger partial charge on any atom is -0.411 e. The number of hydrogen-bond donors (Lipinski definition) is 1. The van der Waals surface area contributed by atoms with Crippen molar-refractivity contribution in [3.63, 3.8) is 0 Å². The summed E-state index contributed by atoms with van der Waals surface area (Å²) in [4.78, 5) is 0. The van der Waals surface area contributed by atoms with Gasteiger partial charge in [0.25, 0.3) is 0 Å². The molecule has 0 saturated heterocycles. The molecule has 0 radical (unpaired) electrons. The number of hydrogen-bond acceptors (Lipinski definition) is 2. The summed E-state index contributed by atoms with van der Waals surface area (Å²) in [6.45, 7) is 7.87. The Bertz CT molecular complexity index is 402. The molecule has 0 spiro atoms. The summed E-state index contributed by atoms with van der Waals surface area (Å²) < 4.78 is 0. The van der Waals surface area contributed by atoms with Crippen molar-refractivity contribution in [2.45, 2.75) is 13.8 Å². The fourth-order valence-electron chi connectivity index (χ4n) is 1.20. The van der Waals surface area contributed by atoms with Crippen molar-refractivity contribution in [3.8, 4) is 0 Å². The molecular formula is C14H17NO. The third-order valence-electron chi connectivity index (χ3n) is 2.48. The molecule has 0 bridgehead atoms. The molecule has 0 aromatic heterocycles. The van der Waals surface area contributed by atoms with E-state index in [0.29, 0.717) is 0 Å². The van der Waals surface area contributed by atoms with Crippen LogP contribution in [0.4, 0.5) is 0 Å². The summed E-state index contributed by atoms with van der Waals surface area (Å²) in [5.41, 5.74) is 1.69. The molecule has 2 heteroatoms. The average molecular weight is 215 g/mol. The Labute approximate surface area is 96.6 Å². The maximum Gasteiger partial charge on any atom is 0.0535 e. The van der Waals surface area contributed by atoms with Crippen molar-refractivity contribution in [3.05, 3.63) is 54.1 Å². The Morgan fingerprint density at radius 2 is 1.94 bits per heavy atom. The summed E-state index contributed by atoms with van der Waals surface area (Å²) >= 11 is 0. The largest absolute Gasteiger partial charge is 0.411 e. The molecule has 1 rings (SSSR count). The minimum absolute atomic E-state index is 0.333. The van der Waals surface area contributed by atoms with Gasteiger partial charge in [-0.05, 0) is 11.1 Å². The first kappa shape index (κ1) is 12.2. The molecule has 1 N–H and O–H groups in total. The van der Waals surface area contributed by atoms with Gasteiger partial charge in [0.1, 0.15) is 0 Å². The van der Waals surface area contributed by atoms with Gasteiger partial charge in [0.15, 0.2) is 0 Å². The van der Waals surface area contributed by atoms with Gasteiger partial charge in [0.2, 0.25) is 0 Å². The molecule has 1 aromatic rings. The first-order chi connectivity index (χ1) is 7.56. The quantitative estimate of drug-likeness (QED) is 0.353. The third-order valence-corrected chi connectivity index (χ3v) is 2.48. The van der Waals surface area contributed by atoms with E-state index in [-0.39, 0.29) is 5.41 Å². The van der Waals surface area contributed by atoms with Crippen molar-refractivity contribution in [1.82, 2.24) is 0 Å². The van der Waals surface area contributed by atoms with Crippen molar-refractivity contribution < 1.29 is 5.21 Å². The van der Waals surface area contributed by atoms with Crippen LogP contribution in [0.15, 0.2) is 53.7 Å². The van der Waals surface area contributed by atoms with E-state index in [9.17, 15) is 0 Å². The molecule has 0 aliphatic carbocycles. The lowest BCUT2D eigenvalue weighted by Gasteiger charge is -2.18. The summed E-state index contributed by atoms with van der Waals surface area (Å²) in [6.07, 6.45) is 5.41. The molecule has 0 aliphatic rings. The SMILES string of the molecule is C=C(/C=C/c1ccccc1)C(C)(C)/C=N/O. The highest BCUT2D eigenvalue weighted by molar-refractivity contribution is 5.71. The average Bonchev–Trinajstić information content (AvgIpc) is 2.27. The fraction of sp³-hybridized carbons (Fsp3) is 0.214. The van der Waals surface area contributed by atoms with Crippen molar-refractivity contribution in [2.24, 2.45) is 10.6 Å². The summed E-state index contributed by atoms with van der Waals surface area (Å²) in [5, 5.41) is 11.6. The summed E-state index contributed by atoms with van der Waals surface area (Å²) in [5.74, 6) is 0. The molecule has 2 nitrogen and oxygen atoms in total. The Morgan fingerprint density at radius 1 is 1.31 bits per heavy atom.